The van der Waals surface area contributed by atoms with E-state index in [1.807, 2.05) is 0 Å². The average Bonchev–Trinajstić information content (AvgIpc) is 1.52. The maximum Gasteiger partial charge on any atom is 0.0541 e. The standard InChI is InChI=1S/C94H72N2/c1-91(2)79-21-13-9-17-67(79)69-45-41-65(53-83(69)91)95-87-23-15-11-19-73(87)77-51-63(39-47-89(77)95)61-35-29-57(30-36-61)25-27-59-33-43-71-75-55-86-76(56-85(75)93(5,6)81(71)49-59)72-44-34-60(50-82(72)94(86,7)8)28-26-58-31-37-62(38-32-58)64-40-48-90-78(52-64)74-20-12-16-24-88(74)96(90)66-42-46-70-68-18-10-14-22-80(68)92(3,4)84(70)54-66/h9-56H,1-8H3/b27-25+,28-26+. The molecule has 96 heavy (non-hydrogen) atoms. The van der Waals surface area contributed by atoms with Crippen LogP contribution in [0.3, 0.4) is 0 Å². The van der Waals surface area contributed by atoms with Crippen molar-refractivity contribution in [1.82, 2.24) is 9.13 Å². The van der Waals surface area contributed by atoms with Gasteiger partial charge in [-0.2, -0.15) is 0 Å². The quantitative estimate of drug-likeness (QED) is 0.134. The van der Waals surface area contributed by atoms with Crippen LogP contribution in [0, 0.1) is 0 Å². The molecule has 0 fully saturated rings. The lowest BCUT2D eigenvalue weighted by atomic mass is 9.79. The van der Waals surface area contributed by atoms with Crippen LogP contribution in [-0.2, 0) is 21.7 Å². The van der Waals surface area contributed by atoms with E-state index in [0.717, 1.165) is 0 Å². The molecule has 13 aromatic carbocycles. The molecule has 0 amide bonds. The van der Waals surface area contributed by atoms with E-state index < -0.39 is 0 Å². The molecule has 4 aliphatic rings. The molecule has 0 saturated heterocycles. The van der Waals surface area contributed by atoms with E-state index >= 15 is 0 Å². The molecule has 2 nitrogen and oxygen atoms in total. The highest BCUT2D eigenvalue weighted by atomic mass is 15.0. The third-order valence-corrected chi connectivity index (χ3v) is 22.9. The smallest absolute Gasteiger partial charge is 0.0541 e. The molecular formula is C94H72N2. The maximum absolute atomic E-state index is 2.53. The number of hydrogen-bond acceptors (Lipinski definition) is 0. The van der Waals surface area contributed by atoms with Gasteiger partial charge in [0.25, 0.3) is 0 Å². The summed E-state index contributed by atoms with van der Waals surface area (Å²) in [5, 5.41) is 5.06. The molecule has 458 valence electrons. The largest absolute Gasteiger partial charge is 0.309 e. The van der Waals surface area contributed by atoms with Crippen molar-refractivity contribution in [1.29, 1.82) is 0 Å². The number of aromatic nitrogens is 2. The minimum atomic E-state index is -0.156. The molecule has 0 unspecified atom stereocenters. The van der Waals surface area contributed by atoms with Gasteiger partial charge in [0, 0.05) is 54.6 Å². The minimum absolute atomic E-state index is 0.0664. The highest BCUT2D eigenvalue weighted by Gasteiger charge is 2.42. The molecular weight excluding hydrogens is 1160 g/mol. The minimum Gasteiger partial charge on any atom is -0.309 e. The second kappa shape index (κ2) is 20.2. The number of nitrogens with zero attached hydrogens (tertiary/aromatic N) is 2. The van der Waals surface area contributed by atoms with Crippen molar-refractivity contribution in [3.63, 3.8) is 0 Å². The van der Waals surface area contributed by atoms with Gasteiger partial charge in [-0.05, 0) is 206 Å². The lowest BCUT2D eigenvalue weighted by Gasteiger charge is -2.24. The molecule has 0 N–H and O–H groups in total. The highest BCUT2D eigenvalue weighted by Crippen LogP contribution is 2.57. The van der Waals surface area contributed by atoms with Gasteiger partial charge in [-0.3, -0.25) is 0 Å². The van der Waals surface area contributed by atoms with E-state index in [0.29, 0.717) is 0 Å². The summed E-state index contributed by atoms with van der Waals surface area (Å²) in [7, 11) is 0. The fourth-order valence-corrected chi connectivity index (χ4v) is 17.7. The highest BCUT2D eigenvalue weighted by molar-refractivity contribution is 6.12. The second-order valence-corrected chi connectivity index (χ2v) is 29.7. The molecule has 19 rings (SSSR count). The van der Waals surface area contributed by atoms with Gasteiger partial charge in [0.1, 0.15) is 0 Å². The Labute approximate surface area is 562 Å². The number of hydrogen-bond donors (Lipinski definition) is 0. The molecule has 0 spiro atoms. The van der Waals surface area contributed by atoms with Gasteiger partial charge in [0.2, 0.25) is 0 Å². The van der Waals surface area contributed by atoms with Gasteiger partial charge < -0.3 is 9.13 Å². The van der Waals surface area contributed by atoms with Crippen LogP contribution in [0.1, 0.15) is 122 Å². The molecule has 0 bridgehead atoms. The fraction of sp³-hybridized carbons (Fsp3) is 0.128. The number of para-hydroxylation sites is 2. The molecule has 0 saturated carbocycles. The van der Waals surface area contributed by atoms with E-state index in [2.05, 4.69) is 356 Å². The van der Waals surface area contributed by atoms with Gasteiger partial charge in [0.05, 0.1) is 22.1 Å². The fourth-order valence-electron chi connectivity index (χ4n) is 17.7. The SMILES string of the molecule is CC1(C)c2ccccc2-c2ccc(-n3c4ccccc4c4cc(-c5ccc(/C=C/c6ccc7c(c6)C(C)(C)c6cc8c(cc6-7)C(C)(C)c6cc(/C=C/c7ccc(-c9ccc%10c(c9)c9ccccc9n%10-c9ccc%10c(c9)C(C)(C)c9ccccc9-%10)cc7)ccc6-8)cc5)ccc43)cc21. The van der Waals surface area contributed by atoms with Crippen LogP contribution >= 0.6 is 0 Å². The van der Waals surface area contributed by atoms with E-state index in [1.165, 1.54) is 189 Å². The van der Waals surface area contributed by atoms with E-state index in [9.17, 15) is 0 Å². The van der Waals surface area contributed by atoms with E-state index in [4.69, 9.17) is 0 Å². The summed E-state index contributed by atoms with van der Waals surface area (Å²) < 4.78 is 4.91. The average molecular weight is 1230 g/mol. The van der Waals surface area contributed by atoms with Crippen LogP contribution < -0.4 is 0 Å². The van der Waals surface area contributed by atoms with Gasteiger partial charge in [-0.25, -0.2) is 0 Å². The summed E-state index contributed by atoms with van der Waals surface area (Å²) in [5.41, 5.74) is 38.5. The Morgan fingerprint density at radius 3 is 0.948 bits per heavy atom. The van der Waals surface area contributed by atoms with Crippen LogP contribution in [0.5, 0.6) is 0 Å². The summed E-state index contributed by atoms with van der Waals surface area (Å²) in [5.74, 6) is 0. The predicted molar refractivity (Wildman–Crippen MR) is 407 cm³/mol. The zero-order chi connectivity index (χ0) is 64.7. The van der Waals surface area contributed by atoms with Crippen molar-refractivity contribution < 1.29 is 0 Å². The van der Waals surface area contributed by atoms with Gasteiger partial charge in [0.15, 0.2) is 0 Å². The lowest BCUT2D eigenvalue weighted by molar-refractivity contribution is 0.652. The van der Waals surface area contributed by atoms with Crippen LogP contribution in [0.4, 0.5) is 0 Å². The van der Waals surface area contributed by atoms with E-state index in [-0.39, 0.29) is 21.7 Å². The van der Waals surface area contributed by atoms with Crippen LogP contribution in [0.2, 0.25) is 0 Å². The Bertz CT molecular complexity index is 5560. The summed E-state index contributed by atoms with van der Waals surface area (Å²) in [6.07, 6.45) is 9.09. The Morgan fingerprint density at radius 1 is 0.208 bits per heavy atom. The molecule has 2 heterocycles. The summed E-state index contributed by atoms with van der Waals surface area (Å²) in [6.45, 7) is 19.1. The molecule has 15 aromatic rings. The van der Waals surface area contributed by atoms with Crippen molar-refractivity contribution in [2.75, 3.05) is 0 Å². The molecule has 4 aliphatic carbocycles. The zero-order valence-electron chi connectivity index (χ0n) is 55.6. The van der Waals surface area contributed by atoms with Crippen molar-refractivity contribution in [2.24, 2.45) is 0 Å². The van der Waals surface area contributed by atoms with E-state index in [1.54, 1.807) is 0 Å². The lowest BCUT2D eigenvalue weighted by Crippen LogP contribution is -2.17. The first-order valence-corrected chi connectivity index (χ1v) is 34.2. The Balaban J connectivity index is 0.550. The molecule has 2 heteroatoms. The maximum atomic E-state index is 2.53. The first kappa shape index (κ1) is 56.5. The van der Waals surface area contributed by atoms with Gasteiger partial charge in [-0.1, -0.05) is 274 Å². The molecule has 0 aliphatic heterocycles. The third kappa shape index (κ3) is 8.18. The molecule has 0 radical (unpaired) electrons. The van der Waals surface area contributed by atoms with Crippen LogP contribution in [0.25, 0.3) is 146 Å². The summed E-state index contributed by atoms with van der Waals surface area (Å²) in [6, 6.07) is 101. The van der Waals surface area contributed by atoms with Crippen molar-refractivity contribution in [3.8, 4) is 78.1 Å². The Kier molecular flexibility index (Phi) is 11.9. The Hall–Kier alpha value is -11.1. The van der Waals surface area contributed by atoms with Crippen LogP contribution in [-0.4, -0.2) is 9.13 Å². The molecule has 2 aromatic heterocycles. The van der Waals surface area contributed by atoms with Crippen LogP contribution in [0.15, 0.2) is 267 Å². The van der Waals surface area contributed by atoms with Crippen molar-refractivity contribution in [3.05, 3.63) is 334 Å². The second-order valence-electron chi connectivity index (χ2n) is 29.7. The molecule has 0 atom stereocenters. The summed E-state index contributed by atoms with van der Waals surface area (Å²) >= 11 is 0. The third-order valence-electron chi connectivity index (χ3n) is 22.9. The van der Waals surface area contributed by atoms with Crippen molar-refractivity contribution in [2.45, 2.75) is 77.0 Å². The monoisotopic (exact) mass is 1230 g/mol. The normalized spacial score (nSPS) is 15.3. The van der Waals surface area contributed by atoms with Crippen molar-refractivity contribution >= 4 is 67.9 Å². The van der Waals surface area contributed by atoms with Gasteiger partial charge in [-0.15, -0.1) is 0 Å². The first-order chi connectivity index (χ1) is 46.6. The topological polar surface area (TPSA) is 9.86 Å². The number of fused-ring (bicyclic) bond motifs is 18. The number of benzene rings is 13. The first-order valence-electron chi connectivity index (χ1n) is 34.2. The zero-order valence-corrected chi connectivity index (χ0v) is 55.6. The number of rotatable bonds is 8. The van der Waals surface area contributed by atoms with Gasteiger partial charge >= 0.3 is 0 Å². The Morgan fingerprint density at radius 2 is 0.510 bits per heavy atom. The predicted octanol–water partition coefficient (Wildman–Crippen LogP) is 24.8. The summed E-state index contributed by atoms with van der Waals surface area (Å²) in [4.78, 5) is 0.